The smallest absolute Gasteiger partial charge is 0.293 e. The van der Waals surface area contributed by atoms with Crippen molar-refractivity contribution in [3.05, 3.63) is 58.4 Å². The molecule has 0 aliphatic carbocycles. The van der Waals surface area contributed by atoms with Crippen LogP contribution in [0.25, 0.3) is 0 Å². The highest BCUT2D eigenvalue weighted by molar-refractivity contribution is 7.80. The number of aromatic nitrogens is 1. The Bertz CT molecular complexity index is 843. The second kappa shape index (κ2) is 5.90. The van der Waals surface area contributed by atoms with E-state index in [1.54, 1.807) is 18.2 Å². The van der Waals surface area contributed by atoms with E-state index >= 15 is 0 Å². The minimum Gasteiger partial charge on any atom is -0.459 e. The average molecular weight is 343 g/mol. The first-order chi connectivity index (χ1) is 11.6. The summed E-state index contributed by atoms with van der Waals surface area (Å²) in [6.45, 7) is 2.16. The summed E-state index contributed by atoms with van der Waals surface area (Å²) < 4.78 is 6.97. The number of piperidine rings is 1. The van der Waals surface area contributed by atoms with Crippen LogP contribution in [0.5, 0.6) is 0 Å². The second-order valence-electron chi connectivity index (χ2n) is 6.34. The zero-order chi connectivity index (χ0) is 16.7. The molecule has 0 radical (unpaired) electrons. The lowest BCUT2D eigenvalue weighted by Crippen LogP contribution is -2.52. The molecule has 1 fully saturated rings. The fourth-order valence-corrected chi connectivity index (χ4v) is 3.95. The second-order valence-corrected chi connectivity index (χ2v) is 6.73. The molecule has 0 spiro atoms. The van der Waals surface area contributed by atoms with Gasteiger partial charge in [-0.3, -0.25) is 14.9 Å². The molecule has 2 aliphatic rings. The standard InChI is InChI=1S/C17H17N3O3S/c21-15-5-1-3-13-12-7-11(9-20(13)15)8-19(10-12)17(24)18-16(22)14-4-2-6-23-14/h1-6,11-12H,7-10H2,(H,18,22,24)/t11-,12-/m0/s1. The van der Waals surface area contributed by atoms with E-state index < -0.39 is 0 Å². The highest BCUT2D eigenvalue weighted by Gasteiger charge is 2.35. The lowest BCUT2D eigenvalue weighted by atomic mass is 9.83. The fourth-order valence-electron chi connectivity index (χ4n) is 3.71. The van der Waals surface area contributed by atoms with Crippen LogP contribution in [-0.2, 0) is 6.54 Å². The summed E-state index contributed by atoms with van der Waals surface area (Å²) in [4.78, 5) is 26.2. The Kier molecular flexibility index (Phi) is 3.72. The number of furan rings is 1. The molecule has 2 aromatic rings. The number of nitrogens with zero attached hydrogens (tertiary/aromatic N) is 2. The molecule has 2 aromatic heterocycles. The van der Waals surface area contributed by atoms with Gasteiger partial charge in [-0.1, -0.05) is 6.07 Å². The Hall–Kier alpha value is -2.41. The highest BCUT2D eigenvalue weighted by atomic mass is 32.1. The number of likely N-dealkylation sites (tertiary alicyclic amines) is 1. The van der Waals surface area contributed by atoms with Gasteiger partial charge in [-0.2, -0.15) is 0 Å². The molecule has 0 saturated carbocycles. The molecule has 6 nitrogen and oxygen atoms in total. The van der Waals surface area contributed by atoms with Crippen molar-refractivity contribution in [3.63, 3.8) is 0 Å². The molecular weight excluding hydrogens is 326 g/mol. The third kappa shape index (κ3) is 2.65. The zero-order valence-corrected chi connectivity index (χ0v) is 13.8. The Morgan fingerprint density at radius 1 is 1.21 bits per heavy atom. The average Bonchev–Trinajstić information content (AvgIpc) is 3.10. The molecule has 0 aromatic carbocycles. The minimum absolute atomic E-state index is 0.0596. The van der Waals surface area contributed by atoms with Crippen molar-refractivity contribution in [2.45, 2.75) is 18.9 Å². The summed E-state index contributed by atoms with van der Waals surface area (Å²) in [5.74, 6) is 0.517. The van der Waals surface area contributed by atoms with Crippen molar-refractivity contribution in [1.82, 2.24) is 14.8 Å². The summed E-state index contributed by atoms with van der Waals surface area (Å²) in [6.07, 6.45) is 2.51. The number of amides is 1. The van der Waals surface area contributed by atoms with E-state index in [1.165, 1.54) is 6.26 Å². The van der Waals surface area contributed by atoms with Gasteiger partial charge in [-0.05, 0) is 42.8 Å². The molecule has 1 amide bonds. The van der Waals surface area contributed by atoms with E-state index in [1.807, 2.05) is 21.6 Å². The molecule has 4 rings (SSSR count). The van der Waals surface area contributed by atoms with Crippen LogP contribution < -0.4 is 10.9 Å². The maximum Gasteiger partial charge on any atom is 0.293 e. The third-order valence-corrected chi connectivity index (χ3v) is 5.09. The van der Waals surface area contributed by atoms with Gasteiger partial charge < -0.3 is 13.9 Å². The quantitative estimate of drug-likeness (QED) is 0.796. The number of hydrogen-bond donors (Lipinski definition) is 1. The van der Waals surface area contributed by atoms with Crippen molar-refractivity contribution >= 4 is 23.2 Å². The summed E-state index contributed by atoms with van der Waals surface area (Å²) in [6, 6.07) is 8.70. The lowest BCUT2D eigenvalue weighted by molar-refractivity contribution is 0.0941. The van der Waals surface area contributed by atoms with Crippen LogP contribution in [0.15, 0.2) is 45.8 Å². The van der Waals surface area contributed by atoms with Crippen LogP contribution >= 0.6 is 12.2 Å². The van der Waals surface area contributed by atoms with Gasteiger partial charge in [0.05, 0.1) is 6.26 Å². The Labute approximate surface area is 144 Å². The number of carbonyl (C=O) groups is 1. The molecule has 2 atom stereocenters. The van der Waals surface area contributed by atoms with E-state index in [4.69, 9.17) is 16.6 Å². The maximum atomic E-state index is 12.1. The molecule has 24 heavy (non-hydrogen) atoms. The van der Waals surface area contributed by atoms with Gasteiger partial charge >= 0.3 is 0 Å². The highest BCUT2D eigenvalue weighted by Crippen LogP contribution is 2.34. The molecule has 7 heteroatoms. The van der Waals surface area contributed by atoms with Crippen molar-refractivity contribution in [2.24, 2.45) is 5.92 Å². The van der Waals surface area contributed by atoms with E-state index in [9.17, 15) is 9.59 Å². The van der Waals surface area contributed by atoms with Gasteiger partial charge in [0.25, 0.3) is 11.5 Å². The van der Waals surface area contributed by atoms with Crippen LogP contribution in [0.2, 0.25) is 0 Å². The van der Waals surface area contributed by atoms with Gasteiger partial charge in [0.2, 0.25) is 0 Å². The van der Waals surface area contributed by atoms with E-state index in [0.29, 0.717) is 24.1 Å². The van der Waals surface area contributed by atoms with E-state index in [0.717, 1.165) is 18.7 Å². The maximum absolute atomic E-state index is 12.1. The molecule has 2 bridgehead atoms. The summed E-state index contributed by atoms with van der Waals surface area (Å²) >= 11 is 5.41. The number of hydrogen-bond acceptors (Lipinski definition) is 4. The summed E-state index contributed by atoms with van der Waals surface area (Å²) in [7, 11) is 0. The minimum atomic E-state index is -0.336. The van der Waals surface area contributed by atoms with E-state index in [-0.39, 0.29) is 23.1 Å². The zero-order valence-electron chi connectivity index (χ0n) is 13.0. The first kappa shape index (κ1) is 15.1. The first-order valence-corrected chi connectivity index (χ1v) is 8.36. The molecule has 1 saturated heterocycles. The van der Waals surface area contributed by atoms with Crippen molar-refractivity contribution in [3.8, 4) is 0 Å². The number of fused-ring (bicyclic) bond motifs is 4. The molecular formula is C17H17N3O3S. The van der Waals surface area contributed by atoms with Gasteiger partial charge in [-0.25, -0.2) is 0 Å². The van der Waals surface area contributed by atoms with Gasteiger partial charge in [-0.15, -0.1) is 0 Å². The Balaban J connectivity index is 1.50. The SMILES string of the molecule is O=C(NC(=S)N1C[C@@H]2C[C@@H](C1)c1cccc(=O)n1C2)c1ccco1. The molecule has 4 heterocycles. The van der Waals surface area contributed by atoms with Crippen LogP contribution in [0.1, 0.15) is 28.6 Å². The van der Waals surface area contributed by atoms with Crippen LogP contribution in [0.3, 0.4) is 0 Å². The predicted octanol–water partition coefficient (Wildman–Crippen LogP) is 1.58. The summed E-state index contributed by atoms with van der Waals surface area (Å²) in [5, 5.41) is 3.15. The van der Waals surface area contributed by atoms with Crippen molar-refractivity contribution in [1.29, 1.82) is 0 Å². The Morgan fingerprint density at radius 2 is 2.08 bits per heavy atom. The number of carbonyl (C=O) groups excluding carboxylic acids is 1. The van der Waals surface area contributed by atoms with E-state index in [2.05, 4.69) is 5.32 Å². The largest absolute Gasteiger partial charge is 0.459 e. The van der Waals surface area contributed by atoms with Gasteiger partial charge in [0.15, 0.2) is 10.9 Å². The molecule has 124 valence electrons. The normalized spacial score (nSPS) is 21.9. The van der Waals surface area contributed by atoms with Crippen molar-refractivity contribution < 1.29 is 9.21 Å². The van der Waals surface area contributed by atoms with Gasteiger partial charge in [0.1, 0.15) is 0 Å². The first-order valence-electron chi connectivity index (χ1n) is 7.95. The van der Waals surface area contributed by atoms with Crippen molar-refractivity contribution in [2.75, 3.05) is 13.1 Å². The molecule has 1 N–H and O–H groups in total. The topological polar surface area (TPSA) is 67.5 Å². The lowest BCUT2D eigenvalue weighted by Gasteiger charge is -2.43. The fraction of sp³-hybridized carbons (Fsp3) is 0.353. The number of nitrogens with one attached hydrogen (secondary N) is 1. The number of thiocarbonyl (C=S) groups is 1. The molecule has 0 unspecified atom stereocenters. The monoisotopic (exact) mass is 343 g/mol. The Morgan fingerprint density at radius 3 is 2.88 bits per heavy atom. The third-order valence-electron chi connectivity index (χ3n) is 4.73. The van der Waals surface area contributed by atoms with Crippen LogP contribution in [0.4, 0.5) is 0 Å². The van der Waals surface area contributed by atoms with Gasteiger partial charge in [0, 0.05) is 37.3 Å². The summed E-state index contributed by atoms with van der Waals surface area (Å²) in [5.41, 5.74) is 1.12. The number of pyridine rings is 1. The van der Waals surface area contributed by atoms with Crippen LogP contribution in [0, 0.1) is 5.92 Å². The number of rotatable bonds is 1. The van der Waals surface area contributed by atoms with Crippen LogP contribution in [-0.4, -0.2) is 33.6 Å². The molecule has 2 aliphatic heterocycles. The predicted molar refractivity (Wildman–Crippen MR) is 91.9 cm³/mol.